The van der Waals surface area contributed by atoms with Gasteiger partial charge in [0.2, 0.25) is 5.91 Å². The van der Waals surface area contributed by atoms with Crippen LogP contribution < -0.4 is 10.1 Å². The van der Waals surface area contributed by atoms with Crippen molar-refractivity contribution in [3.63, 3.8) is 0 Å². The van der Waals surface area contributed by atoms with Crippen LogP contribution in [0.25, 0.3) is 10.9 Å². The molecule has 5 rings (SSSR count). The van der Waals surface area contributed by atoms with Crippen LogP contribution in [0.1, 0.15) is 29.0 Å². The molecule has 0 radical (unpaired) electrons. The molecule has 38 heavy (non-hydrogen) atoms. The lowest BCUT2D eigenvalue weighted by molar-refractivity contribution is -0.384. The number of amides is 1. The smallest absolute Gasteiger partial charge is 0.270 e. The number of aromatic amines is 1. The standard InChI is InChI=1S/C30H24ClN3O4/c31-22-9-12-24(13-10-22)38-25-8-4-7-21(15-25)26(17-30(35)33-18-20-5-2-1-3-6-20)28-19-32-29-14-11-23(34(36)37)16-27(28)29/h1-16,19,26,32H,17-18H2,(H,33,35)/t26-/m0/s1. The van der Waals surface area contributed by atoms with Crippen molar-refractivity contribution in [2.75, 3.05) is 0 Å². The lowest BCUT2D eigenvalue weighted by atomic mass is 9.87. The van der Waals surface area contributed by atoms with E-state index in [1.807, 2.05) is 60.8 Å². The Morgan fingerprint density at radius 3 is 2.50 bits per heavy atom. The highest BCUT2D eigenvalue weighted by Gasteiger charge is 2.23. The summed E-state index contributed by atoms with van der Waals surface area (Å²) in [6, 6.07) is 29.0. The summed E-state index contributed by atoms with van der Waals surface area (Å²) in [4.78, 5) is 27.4. The van der Waals surface area contributed by atoms with Crippen molar-refractivity contribution in [2.45, 2.75) is 18.9 Å². The minimum Gasteiger partial charge on any atom is -0.457 e. The average Bonchev–Trinajstić information content (AvgIpc) is 3.35. The van der Waals surface area contributed by atoms with Crippen LogP contribution in [-0.2, 0) is 11.3 Å². The average molecular weight is 526 g/mol. The van der Waals surface area contributed by atoms with Gasteiger partial charge in [0.15, 0.2) is 0 Å². The van der Waals surface area contributed by atoms with Gasteiger partial charge in [0, 0.05) is 53.1 Å². The molecule has 1 atom stereocenters. The van der Waals surface area contributed by atoms with Gasteiger partial charge >= 0.3 is 0 Å². The fraction of sp³-hybridized carbons (Fsp3) is 0.100. The number of carbonyl (C=O) groups excluding carboxylic acids is 1. The Kier molecular flexibility index (Phi) is 7.38. The zero-order chi connectivity index (χ0) is 26.5. The summed E-state index contributed by atoms with van der Waals surface area (Å²) in [5, 5.41) is 15.8. The maximum absolute atomic E-state index is 13.1. The van der Waals surface area contributed by atoms with Crippen LogP contribution in [0.3, 0.4) is 0 Å². The molecule has 0 aliphatic heterocycles. The molecule has 1 aromatic heterocycles. The van der Waals surface area contributed by atoms with E-state index in [2.05, 4.69) is 10.3 Å². The molecule has 8 heteroatoms. The Morgan fingerprint density at radius 2 is 1.74 bits per heavy atom. The number of fused-ring (bicyclic) bond motifs is 1. The SMILES string of the molecule is O=C(C[C@@H](c1cccc(Oc2ccc(Cl)cc2)c1)c1c[nH]c2ccc([N+](=O)[O-])cc12)NCc1ccccc1. The minimum atomic E-state index is -0.418. The molecular weight excluding hydrogens is 502 g/mol. The van der Waals surface area contributed by atoms with Gasteiger partial charge in [-0.15, -0.1) is 0 Å². The van der Waals surface area contributed by atoms with Gasteiger partial charge in [-0.3, -0.25) is 14.9 Å². The van der Waals surface area contributed by atoms with E-state index in [1.165, 1.54) is 6.07 Å². The number of rotatable bonds is 9. The molecule has 0 saturated carbocycles. The number of hydrogen-bond acceptors (Lipinski definition) is 4. The van der Waals surface area contributed by atoms with Crippen LogP contribution in [0.2, 0.25) is 5.02 Å². The quantitative estimate of drug-likeness (QED) is 0.155. The number of benzene rings is 4. The summed E-state index contributed by atoms with van der Waals surface area (Å²) in [7, 11) is 0. The molecule has 0 bridgehead atoms. The first-order chi connectivity index (χ1) is 18.5. The van der Waals surface area contributed by atoms with E-state index in [0.29, 0.717) is 28.5 Å². The first-order valence-corrected chi connectivity index (χ1v) is 12.4. The molecule has 1 amide bonds. The predicted octanol–water partition coefficient (Wildman–Crippen LogP) is 7.36. The zero-order valence-corrected chi connectivity index (χ0v) is 21.0. The molecule has 0 fully saturated rings. The van der Waals surface area contributed by atoms with E-state index in [-0.39, 0.29) is 23.9 Å². The molecule has 7 nitrogen and oxygen atoms in total. The number of nitro benzene ring substituents is 1. The number of non-ortho nitro benzene ring substituents is 1. The van der Waals surface area contributed by atoms with E-state index >= 15 is 0 Å². The van der Waals surface area contributed by atoms with Crippen molar-refractivity contribution >= 4 is 34.1 Å². The molecule has 0 saturated heterocycles. The Labute approximate surface area is 224 Å². The van der Waals surface area contributed by atoms with Crippen LogP contribution in [0.4, 0.5) is 5.69 Å². The minimum absolute atomic E-state index is 0.00884. The number of nitrogens with one attached hydrogen (secondary N) is 2. The highest BCUT2D eigenvalue weighted by Crippen LogP contribution is 2.37. The molecule has 190 valence electrons. The number of H-pyrrole nitrogens is 1. The van der Waals surface area contributed by atoms with Crippen molar-refractivity contribution < 1.29 is 14.5 Å². The summed E-state index contributed by atoms with van der Waals surface area (Å²) in [5.74, 6) is 0.717. The maximum Gasteiger partial charge on any atom is 0.270 e. The number of carbonyl (C=O) groups is 1. The summed E-state index contributed by atoms with van der Waals surface area (Å²) in [5.41, 5.74) is 3.39. The normalized spacial score (nSPS) is 11.7. The lowest BCUT2D eigenvalue weighted by Crippen LogP contribution is -2.25. The molecule has 0 spiro atoms. The second-order valence-corrected chi connectivity index (χ2v) is 9.31. The van der Waals surface area contributed by atoms with Crippen LogP contribution >= 0.6 is 11.6 Å². The Bertz CT molecular complexity index is 1580. The second-order valence-electron chi connectivity index (χ2n) is 8.88. The molecule has 0 aliphatic rings. The van der Waals surface area contributed by atoms with Crippen molar-refractivity contribution in [3.8, 4) is 11.5 Å². The van der Waals surface area contributed by atoms with Crippen LogP contribution in [0.5, 0.6) is 11.5 Å². The van der Waals surface area contributed by atoms with Crippen LogP contribution in [0, 0.1) is 10.1 Å². The van der Waals surface area contributed by atoms with Crippen molar-refractivity contribution in [1.29, 1.82) is 0 Å². The van der Waals surface area contributed by atoms with Gasteiger partial charge in [0.05, 0.1) is 4.92 Å². The molecule has 4 aromatic carbocycles. The van der Waals surface area contributed by atoms with Gasteiger partial charge in [-0.1, -0.05) is 54.1 Å². The maximum atomic E-state index is 13.1. The molecule has 2 N–H and O–H groups in total. The first kappa shape index (κ1) is 25.0. The number of nitro groups is 1. The summed E-state index contributed by atoms with van der Waals surface area (Å²) < 4.78 is 6.03. The Morgan fingerprint density at radius 1 is 0.947 bits per heavy atom. The number of aromatic nitrogens is 1. The molecule has 0 aliphatic carbocycles. The van der Waals surface area contributed by atoms with Crippen molar-refractivity contribution in [2.24, 2.45) is 0 Å². The third-order valence-electron chi connectivity index (χ3n) is 6.32. The first-order valence-electron chi connectivity index (χ1n) is 12.1. The van der Waals surface area contributed by atoms with Gasteiger partial charge in [0.25, 0.3) is 5.69 Å². The van der Waals surface area contributed by atoms with Gasteiger partial charge in [0.1, 0.15) is 11.5 Å². The highest BCUT2D eigenvalue weighted by molar-refractivity contribution is 6.30. The lowest BCUT2D eigenvalue weighted by Gasteiger charge is -2.18. The largest absolute Gasteiger partial charge is 0.457 e. The van der Waals surface area contributed by atoms with E-state index in [0.717, 1.165) is 22.2 Å². The predicted molar refractivity (Wildman–Crippen MR) is 148 cm³/mol. The van der Waals surface area contributed by atoms with Gasteiger partial charge in [-0.25, -0.2) is 0 Å². The van der Waals surface area contributed by atoms with Crippen LogP contribution in [-0.4, -0.2) is 15.8 Å². The van der Waals surface area contributed by atoms with Crippen molar-refractivity contribution in [1.82, 2.24) is 10.3 Å². The monoisotopic (exact) mass is 525 g/mol. The molecular formula is C30H24ClN3O4. The van der Waals surface area contributed by atoms with Crippen molar-refractivity contribution in [3.05, 3.63) is 135 Å². The van der Waals surface area contributed by atoms with E-state index in [1.54, 1.807) is 36.4 Å². The number of ether oxygens (including phenoxy) is 1. The summed E-state index contributed by atoms with van der Waals surface area (Å²) in [6.07, 6.45) is 1.96. The van der Waals surface area contributed by atoms with Gasteiger partial charge in [-0.05, 0) is 59.2 Å². The highest BCUT2D eigenvalue weighted by atomic mass is 35.5. The fourth-order valence-corrected chi connectivity index (χ4v) is 4.55. The van der Waals surface area contributed by atoms with E-state index < -0.39 is 4.92 Å². The van der Waals surface area contributed by atoms with E-state index in [4.69, 9.17) is 16.3 Å². The fourth-order valence-electron chi connectivity index (χ4n) is 4.43. The summed E-state index contributed by atoms with van der Waals surface area (Å²) in [6.45, 7) is 0.408. The Balaban J connectivity index is 1.48. The van der Waals surface area contributed by atoms with Crippen LogP contribution in [0.15, 0.2) is 103 Å². The Hall–Kier alpha value is -4.62. The van der Waals surface area contributed by atoms with Gasteiger partial charge < -0.3 is 15.0 Å². The molecule has 1 heterocycles. The van der Waals surface area contributed by atoms with E-state index in [9.17, 15) is 14.9 Å². The molecule has 0 unspecified atom stereocenters. The number of nitrogens with zero attached hydrogens (tertiary/aromatic N) is 1. The molecule has 5 aromatic rings. The number of halogens is 1. The topological polar surface area (TPSA) is 97.3 Å². The third-order valence-corrected chi connectivity index (χ3v) is 6.57. The number of hydrogen-bond donors (Lipinski definition) is 2. The summed E-state index contributed by atoms with van der Waals surface area (Å²) >= 11 is 5.99. The van der Waals surface area contributed by atoms with Gasteiger partial charge in [-0.2, -0.15) is 0 Å². The second kappa shape index (κ2) is 11.2. The third kappa shape index (κ3) is 5.85. The zero-order valence-electron chi connectivity index (χ0n) is 20.3.